The standard InChI is InChI=1S/C18H22N4O2/c1-13-11-22(7-8-24-13)18(23)21-14(2)15-3-5-16(6-4-15)17-9-19-12-20-10-17/h3-6,9-10,12-14H,7-8,11H2,1-2H3,(H,21,23). The van der Waals surface area contributed by atoms with Crippen molar-refractivity contribution < 1.29 is 9.53 Å². The topological polar surface area (TPSA) is 67.4 Å². The van der Waals surface area contributed by atoms with Crippen LogP contribution in [0.4, 0.5) is 4.79 Å². The number of morpholine rings is 1. The third-order valence-corrected chi connectivity index (χ3v) is 4.17. The lowest BCUT2D eigenvalue weighted by Gasteiger charge is -2.32. The molecule has 2 heterocycles. The van der Waals surface area contributed by atoms with Gasteiger partial charge in [0.15, 0.2) is 0 Å². The van der Waals surface area contributed by atoms with Crippen molar-refractivity contribution in [2.75, 3.05) is 19.7 Å². The molecule has 2 unspecified atom stereocenters. The highest BCUT2D eigenvalue weighted by Gasteiger charge is 2.22. The number of aromatic nitrogens is 2. The second kappa shape index (κ2) is 7.40. The van der Waals surface area contributed by atoms with Gasteiger partial charge < -0.3 is 15.0 Å². The van der Waals surface area contributed by atoms with Crippen LogP contribution in [0.15, 0.2) is 43.0 Å². The van der Waals surface area contributed by atoms with Gasteiger partial charge >= 0.3 is 6.03 Å². The van der Waals surface area contributed by atoms with E-state index in [-0.39, 0.29) is 18.2 Å². The number of urea groups is 1. The molecule has 1 aliphatic rings. The van der Waals surface area contributed by atoms with Gasteiger partial charge in [0.05, 0.1) is 18.8 Å². The van der Waals surface area contributed by atoms with Gasteiger partial charge in [-0.15, -0.1) is 0 Å². The normalized spacial score (nSPS) is 18.9. The van der Waals surface area contributed by atoms with Crippen LogP contribution in [-0.4, -0.2) is 46.7 Å². The van der Waals surface area contributed by atoms with Crippen molar-refractivity contribution in [2.24, 2.45) is 0 Å². The van der Waals surface area contributed by atoms with Crippen molar-refractivity contribution in [3.8, 4) is 11.1 Å². The zero-order chi connectivity index (χ0) is 16.9. The first-order valence-electron chi connectivity index (χ1n) is 8.16. The summed E-state index contributed by atoms with van der Waals surface area (Å²) < 4.78 is 5.47. The van der Waals surface area contributed by atoms with E-state index in [9.17, 15) is 4.79 Å². The van der Waals surface area contributed by atoms with Crippen molar-refractivity contribution in [3.05, 3.63) is 48.5 Å². The second-order valence-corrected chi connectivity index (χ2v) is 6.05. The van der Waals surface area contributed by atoms with Gasteiger partial charge in [0.1, 0.15) is 6.33 Å². The van der Waals surface area contributed by atoms with E-state index in [1.807, 2.05) is 38.1 Å². The van der Waals surface area contributed by atoms with E-state index in [1.165, 1.54) is 6.33 Å². The van der Waals surface area contributed by atoms with Crippen molar-refractivity contribution in [1.82, 2.24) is 20.2 Å². The van der Waals surface area contributed by atoms with E-state index < -0.39 is 0 Å². The molecule has 2 atom stereocenters. The Kier molecular flexibility index (Phi) is 5.05. The highest BCUT2D eigenvalue weighted by Crippen LogP contribution is 2.21. The number of benzene rings is 1. The summed E-state index contributed by atoms with van der Waals surface area (Å²) in [6.07, 6.45) is 5.17. The first-order valence-corrected chi connectivity index (χ1v) is 8.16. The van der Waals surface area contributed by atoms with Crippen LogP contribution in [0.3, 0.4) is 0 Å². The molecule has 1 aromatic carbocycles. The summed E-state index contributed by atoms with van der Waals surface area (Å²) in [4.78, 5) is 22.2. The maximum Gasteiger partial charge on any atom is 0.318 e. The summed E-state index contributed by atoms with van der Waals surface area (Å²) in [6, 6.07) is 7.99. The highest BCUT2D eigenvalue weighted by atomic mass is 16.5. The van der Waals surface area contributed by atoms with Crippen LogP contribution in [0.2, 0.25) is 0 Å². The molecule has 0 bridgehead atoms. The molecule has 1 fully saturated rings. The zero-order valence-corrected chi connectivity index (χ0v) is 14.0. The maximum absolute atomic E-state index is 12.4. The minimum absolute atomic E-state index is 0.0433. The molecular formula is C18H22N4O2. The first-order chi connectivity index (χ1) is 11.6. The zero-order valence-electron chi connectivity index (χ0n) is 14.0. The molecule has 0 aliphatic carbocycles. The van der Waals surface area contributed by atoms with Crippen LogP contribution in [0, 0.1) is 0 Å². The van der Waals surface area contributed by atoms with Gasteiger partial charge in [0, 0.05) is 31.0 Å². The van der Waals surface area contributed by atoms with Crippen LogP contribution in [-0.2, 0) is 4.74 Å². The molecule has 0 spiro atoms. The summed E-state index contributed by atoms with van der Waals surface area (Å²) >= 11 is 0. The first kappa shape index (κ1) is 16.4. The van der Waals surface area contributed by atoms with Crippen LogP contribution < -0.4 is 5.32 Å². The van der Waals surface area contributed by atoms with Gasteiger partial charge in [-0.2, -0.15) is 0 Å². The highest BCUT2D eigenvalue weighted by molar-refractivity contribution is 5.75. The monoisotopic (exact) mass is 326 g/mol. The Hall–Kier alpha value is -2.47. The van der Waals surface area contributed by atoms with E-state index in [2.05, 4.69) is 15.3 Å². The fourth-order valence-corrected chi connectivity index (χ4v) is 2.78. The minimum atomic E-state index is -0.0586. The average molecular weight is 326 g/mol. The third kappa shape index (κ3) is 3.89. The summed E-state index contributed by atoms with van der Waals surface area (Å²) in [5.74, 6) is 0. The van der Waals surface area contributed by atoms with Gasteiger partial charge in [-0.1, -0.05) is 24.3 Å². The average Bonchev–Trinajstić information content (AvgIpc) is 2.62. The Balaban J connectivity index is 1.62. The summed E-state index contributed by atoms with van der Waals surface area (Å²) in [5, 5.41) is 3.05. The van der Waals surface area contributed by atoms with Gasteiger partial charge in [0.25, 0.3) is 0 Å². The molecule has 2 aromatic rings. The quantitative estimate of drug-likeness (QED) is 0.941. The molecule has 1 aliphatic heterocycles. The molecule has 2 amide bonds. The van der Waals surface area contributed by atoms with Crippen molar-refractivity contribution in [2.45, 2.75) is 26.0 Å². The smallest absolute Gasteiger partial charge is 0.318 e. The largest absolute Gasteiger partial charge is 0.375 e. The number of ether oxygens (including phenoxy) is 1. The second-order valence-electron chi connectivity index (χ2n) is 6.05. The SMILES string of the molecule is CC1CN(C(=O)NC(C)c2ccc(-c3cncnc3)cc2)CCO1. The van der Waals surface area contributed by atoms with Gasteiger partial charge in [-0.05, 0) is 25.0 Å². The molecular weight excluding hydrogens is 304 g/mol. The molecule has 1 N–H and O–H groups in total. The van der Waals surface area contributed by atoms with E-state index in [0.717, 1.165) is 16.7 Å². The van der Waals surface area contributed by atoms with Gasteiger partial charge in [-0.25, -0.2) is 14.8 Å². The summed E-state index contributed by atoms with van der Waals surface area (Å²) in [6.45, 7) is 5.83. The number of rotatable bonds is 3. The number of carbonyl (C=O) groups is 1. The molecule has 1 saturated heterocycles. The van der Waals surface area contributed by atoms with Crippen LogP contribution in [0.1, 0.15) is 25.5 Å². The minimum Gasteiger partial charge on any atom is -0.375 e. The number of hydrogen-bond donors (Lipinski definition) is 1. The predicted molar refractivity (Wildman–Crippen MR) is 91.4 cm³/mol. The van der Waals surface area contributed by atoms with Crippen molar-refractivity contribution in [1.29, 1.82) is 0 Å². The molecule has 1 aromatic heterocycles. The van der Waals surface area contributed by atoms with Crippen LogP contribution in [0.25, 0.3) is 11.1 Å². The Morgan fingerprint density at radius 1 is 1.25 bits per heavy atom. The summed E-state index contributed by atoms with van der Waals surface area (Å²) in [7, 11) is 0. The van der Waals surface area contributed by atoms with E-state index in [4.69, 9.17) is 4.74 Å². The lowest BCUT2D eigenvalue weighted by molar-refractivity contribution is -0.00380. The predicted octanol–water partition coefficient (Wildman–Crippen LogP) is 2.63. The Bertz CT molecular complexity index is 675. The number of nitrogens with one attached hydrogen (secondary N) is 1. The van der Waals surface area contributed by atoms with Crippen molar-refractivity contribution in [3.63, 3.8) is 0 Å². The fraction of sp³-hybridized carbons (Fsp3) is 0.389. The van der Waals surface area contributed by atoms with Gasteiger partial charge in [0.2, 0.25) is 0 Å². The Morgan fingerprint density at radius 2 is 1.96 bits per heavy atom. The summed E-state index contributed by atoms with van der Waals surface area (Å²) in [5.41, 5.74) is 3.09. The number of carbonyl (C=O) groups excluding carboxylic acids is 1. The molecule has 0 radical (unpaired) electrons. The lowest BCUT2D eigenvalue weighted by atomic mass is 10.0. The number of nitrogens with zero attached hydrogens (tertiary/aromatic N) is 3. The lowest BCUT2D eigenvalue weighted by Crippen LogP contribution is -2.49. The van der Waals surface area contributed by atoms with Crippen LogP contribution in [0.5, 0.6) is 0 Å². The Morgan fingerprint density at radius 3 is 2.62 bits per heavy atom. The van der Waals surface area contributed by atoms with Crippen LogP contribution >= 0.6 is 0 Å². The molecule has 6 heteroatoms. The van der Waals surface area contributed by atoms with Gasteiger partial charge in [-0.3, -0.25) is 0 Å². The maximum atomic E-state index is 12.4. The van der Waals surface area contributed by atoms with E-state index >= 15 is 0 Å². The van der Waals surface area contributed by atoms with Crippen molar-refractivity contribution >= 4 is 6.03 Å². The third-order valence-electron chi connectivity index (χ3n) is 4.17. The number of amides is 2. The molecule has 6 nitrogen and oxygen atoms in total. The van der Waals surface area contributed by atoms with E-state index in [1.54, 1.807) is 17.3 Å². The molecule has 126 valence electrons. The molecule has 24 heavy (non-hydrogen) atoms. The molecule has 3 rings (SSSR count). The van der Waals surface area contributed by atoms with E-state index in [0.29, 0.717) is 19.7 Å². The Labute approximate surface area is 141 Å². The number of hydrogen-bond acceptors (Lipinski definition) is 4. The molecule has 0 saturated carbocycles. The fourth-order valence-electron chi connectivity index (χ4n) is 2.78.